The second-order valence-corrected chi connectivity index (χ2v) is 5.23. The van der Waals surface area contributed by atoms with Gasteiger partial charge in [0, 0.05) is 26.1 Å². The fraction of sp³-hybridized carbons (Fsp3) is 0.857. The molecule has 1 N–H and O–H groups in total. The zero-order chi connectivity index (χ0) is 14.3. The molecule has 1 atom stereocenters. The topological polar surface area (TPSA) is 66.8 Å². The van der Waals surface area contributed by atoms with E-state index in [0.717, 1.165) is 25.7 Å². The molecule has 1 unspecified atom stereocenters. The van der Waals surface area contributed by atoms with Gasteiger partial charge in [-0.2, -0.15) is 0 Å². The van der Waals surface area contributed by atoms with Crippen LogP contribution >= 0.6 is 0 Å². The average Bonchev–Trinajstić information content (AvgIpc) is 2.38. The van der Waals surface area contributed by atoms with Crippen LogP contribution in [0.3, 0.4) is 0 Å². The average molecular weight is 271 g/mol. The first-order valence-corrected chi connectivity index (χ1v) is 7.16. The number of carbonyl (C=O) groups excluding carboxylic acids is 1. The number of carboxylic acid groups (broad SMARTS) is 1. The minimum atomic E-state index is -0.749. The molecule has 1 saturated heterocycles. The Morgan fingerprint density at radius 2 is 2.00 bits per heavy atom. The number of rotatable bonds is 7. The Labute approximate surface area is 114 Å². The molecule has 19 heavy (non-hydrogen) atoms. The summed E-state index contributed by atoms with van der Waals surface area (Å²) < 4.78 is 5.50. The largest absolute Gasteiger partial charge is 0.481 e. The number of unbranched alkanes of at least 4 members (excludes halogenated alkanes) is 1. The quantitative estimate of drug-likeness (QED) is 0.718. The molecule has 5 heteroatoms. The molecule has 0 aliphatic carbocycles. The van der Waals surface area contributed by atoms with Crippen molar-refractivity contribution in [2.24, 2.45) is 5.92 Å². The minimum Gasteiger partial charge on any atom is -0.481 e. The Bertz CT molecular complexity index is 298. The minimum absolute atomic E-state index is 0.0323. The first-order valence-electron chi connectivity index (χ1n) is 7.16. The lowest BCUT2D eigenvalue weighted by molar-refractivity contribution is -0.144. The van der Waals surface area contributed by atoms with Crippen molar-refractivity contribution < 1.29 is 19.4 Å². The number of likely N-dealkylation sites (tertiary alicyclic amines) is 1. The van der Waals surface area contributed by atoms with E-state index in [2.05, 4.69) is 6.92 Å². The SMILES string of the molecule is CCCCOC(C)C(=O)N1CCC(CC(=O)O)CC1. The summed E-state index contributed by atoms with van der Waals surface area (Å²) in [4.78, 5) is 24.5. The van der Waals surface area contributed by atoms with Gasteiger partial charge in [-0.3, -0.25) is 9.59 Å². The molecule has 0 saturated carbocycles. The molecular formula is C14H25NO4. The van der Waals surface area contributed by atoms with Crippen LogP contribution in [-0.2, 0) is 14.3 Å². The van der Waals surface area contributed by atoms with Gasteiger partial charge in [0.2, 0.25) is 0 Å². The van der Waals surface area contributed by atoms with E-state index >= 15 is 0 Å². The van der Waals surface area contributed by atoms with E-state index in [0.29, 0.717) is 19.7 Å². The van der Waals surface area contributed by atoms with Crippen molar-refractivity contribution in [3.05, 3.63) is 0 Å². The molecule has 0 radical (unpaired) electrons. The third-order valence-corrected chi connectivity index (χ3v) is 3.60. The molecule has 1 amide bonds. The summed E-state index contributed by atoms with van der Waals surface area (Å²) in [5, 5.41) is 8.75. The number of aliphatic carboxylic acids is 1. The first-order chi connectivity index (χ1) is 9.04. The number of hydrogen-bond donors (Lipinski definition) is 1. The molecule has 1 heterocycles. The van der Waals surface area contributed by atoms with Crippen LogP contribution in [-0.4, -0.2) is 47.7 Å². The van der Waals surface area contributed by atoms with E-state index in [1.54, 1.807) is 11.8 Å². The summed E-state index contributed by atoms with van der Waals surface area (Å²) in [6.45, 7) is 5.81. The van der Waals surface area contributed by atoms with Crippen LogP contribution in [0.1, 0.15) is 46.0 Å². The summed E-state index contributed by atoms with van der Waals surface area (Å²) in [7, 11) is 0. The number of carboxylic acids is 1. The normalized spacial score (nSPS) is 18.3. The number of ether oxygens (including phenoxy) is 1. The van der Waals surface area contributed by atoms with E-state index in [-0.39, 0.29) is 24.3 Å². The van der Waals surface area contributed by atoms with Gasteiger partial charge in [-0.25, -0.2) is 0 Å². The monoisotopic (exact) mass is 271 g/mol. The molecular weight excluding hydrogens is 246 g/mol. The van der Waals surface area contributed by atoms with Gasteiger partial charge in [0.25, 0.3) is 5.91 Å². The number of piperidine rings is 1. The van der Waals surface area contributed by atoms with Crippen molar-refractivity contribution in [1.29, 1.82) is 0 Å². The number of nitrogens with zero attached hydrogens (tertiary/aromatic N) is 1. The van der Waals surface area contributed by atoms with Crippen molar-refractivity contribution in [3.63, 3.8) is 0 Å². The fourth-order valence-corrected chi connectivity index (χ4v) is 2.34. The van der Waals surface area contributed by atoms with Gasteiger partial charge in [0.15, 0.2) is 0 Å². The second kappa shape index (κ2) is 8.15. The Kier molecular flexibility index (Phi) is 6.84. The highest BCUT2D eigenvalue weighted by Gasteiger charge is 2.27. The molecule has 1 rings (SSSR count). The van der Waals surface area contributed by atoms with E-state index < -0.39 is 5.97 Å². The third-order valence-electron chi connectivity index (χ3n) is 3.60. The van der Waals surface area contributed by atoms with Crippen LogP contribution in [0.15, 0.2) is 0 Å². The molecule has 0 aromatic heterocycles. The standard InChI is InChI=1S/C14H25NO4/c1-3-4-9-19-11(2)14(18)15-7-5-12(6-8-15)10-13(16)17/h11-12H,3-10H2,1-2H3,(H,16,17). The van der Waals surface area contributed by atoms with Crippen LogP contribution < -0.4 is 0 Å². The van der Waals surface area contributed by atoms with Crippen molar-refractivity contribution in [2.75, 3.05) is 19.7 Å². The predicted octanol–water partition coefficient (Wildman–Crippen LogP) is 1.90. The number of amides is 1. The van der Waals surface area contributed by atoms with Gasteiger partial charge in [-0.05, 0) is 32.1 Å². The van der Waals surface area contributed by atoms with Gasteiger partial charge in [-0.1, -0.05) is 13.3 Å². The predicted molar refractivity (Wildman–Crippen MR) is 71.9 cm³/mol. The van der Waals surface area contributed by atoms with Gasteiger partial charge in [0.1, 0.15) is 6.10 Å². The molecule has 110 valence electrons. The maximum absolute atomic E-state index is 12.1. The van der Waals surface area contributed by atoms with Crippen LogP contribution in [0.25, 0.3) is 0 Å². The highest BCUT2D eigenvalue weighted by molar-refractivity contribution is 5.80. The summed E-state index contributed by atoms with van der Waals surface area (Å²) in [5.41, 5.74) is 0. The smallest absolute Gasteiger partial charge is 0.303 e. The van der Waals surface area contributed by atoms with Crippen molar-refractivity contribution in [3.8, 4) is 0 Å². The van der Waals surface area contributed by atoms with Crippen LogP contribution in [0.5, 0.6) is 0 Å². The molecule has 0 aromatic rings. The van der Waals surface area contributed by atoms with E-state index in [9.17, 15) is 9.59 Å². The van der Waals surface area contributed by atoms with Crippen LogP contribution in [0.2, 0.25) is 0 Å². The maximum atomic E-state index is 12.1. The highest BCUT2D eigenvalue weighted by atomic mass is 16.5. The van der Waals surface area contributed by atoms with Crippen molar-refractivity contribution >= 4 is 11.9 Å². The lowest BCUT2D eigenvalue weighted by Crippen LogP contribution is -2.44. The van der Waals surface area contributed by atoms with Gasteiger partial charge < -0.3 is 14.7 Å². The Hall–Kier alpha value is -1.10. The lowest BCUT2D eigenvalue weighted by atomic mass is 9.93. The Morgan fingerprint density at radius 1 is 1.37 bits per heavy atom. The highest BCUT2D eigenvalue weighted by Crippen LogP contribution is 2.21. The fourth-order valence-electron chi connectivity index (χ4n) is 2.34. The zero-order valence-electron chi connectivity index (χ0n) is 11.9. The summed E-state index contributed by atoms with van der Waals surface area (Å²) in [5.74, 6) is -0.510. The lowest BCUT2D eigenvalue weighted by Gasteiger charge is -2.33. The van der Waals surface area contributed by atoms with E-state index in [4.69, 9.17) is 9.84 Å². The zero-order valence-corrected chi connectivity index (χ0v) is 11.9. The third kappa shape index (κ3) is 5.59. The van der Waals surface area contributed by atoms with Gasteiger partial charge >= 0.3 is 5.97 Å². The van der Waals surface area contributed by atoms with Crippen LogP contribution in [0.4, 0.5) is 0 Å². The van der Waals surface area contributed by atoms with Crippen molar-refractivity contribution in [2.45, 2.75) is 52.1 Å². The molecule has 0 spiro atoms. The molecule has 1 fully saturated rings. The molecule has 0 bridgehead atoms. The van der Waals surface area contributed by atoms with E-state index in [1.165, 1.54) is 0 Å². The second-order valence-electron chi connectivity index (χ2n) is 5.23. The van der Waals surface area contributed by atoms with Crippen molar-refractivity contribution in [1.82, 2.24) is 4.90 Å². The van der Waals surface area contributed by atoms with Crippen LogP contribution in [0, 0.1) is 5.92 Å². The molecule has 1 aliphatic rings. The van der Waals surface area contributed by atoms with E-state index in [1.807, 2.05) is 0 Å². The first kappa shape index (κ1) is 16.0. The number of carbonyl (C=O) groups is 2. The van der Waals surface area contributed by atoms with Gasteiger partial charge in [-0.15, -0.1) is 0 Å². The maximum Gasteiger partial charge on any atom is 0.303 e. The summed E-state index contributed by atoms with van der Waals surface area (Å²) in [6, 6.07) is 0. The Balaban J connectivity index is 2.29. The summed E-state index contributed by atoms with van der Waals surface area (Å²) in [6.07, 6.45) is 3.41. The molecule has 5 nitrogen and oxygen atoms in total. The molecule has 0 aromatic carbocycles. The summed E-state index contributed by atoms with van der Waals surface area (Å²) >= 11 is 0. The number of hydrogen-bond acceptors (Lipinski definition) is 3. The Morgan fingerprint density at radius 3 is 2.53 bits per heavy atom. The van der Waals surface area contributed by atoms with Gasteiger partial charge in [0.05, 0.1) is 0 Å². The molecule has 1 aliphatic heterocycles.